The van der Waals surface area contributed by atoms with Crippen LogP contribution < -0.4 is 5.73 Å². The van der Waals surface area contributed by atoms with Gasteiger partial charge in [-0.3, -0.25) is 4.79 Å². The van der Waals surface area contributed by atoms with Crippen LogP contribution in [0.3, 0.4) is 0 Å². The molecule has 0 spiro atoms. The van der Waals surface area contributed by atoms with Gasteiger partial charge in [0, 0.05) is 35.7 Å². The molecule has 3 aromatic rings. The highest BCUT2D eigenvalue weighted by Crippen LogP contribution is 2.21. The van der Waals surface area contributed by atoms with Gasteiger partial charge in [0.2, 0.25) is 0 Å². The number of nitrogens with zero attached hydrogens (tertiary/aromatic N) is 1. The minimum Gasteiger partial charge on any atom is -0.390 e. The maximum absolute atomic E-state index is 13.6. The third-order valence-electron chi connectivity index (χ3n) is 5.75. The minimum atomic E-state index is -1.09. The topological polar surface area (TPSA) is 66.6 Å². The fourth-order valence-electron chi connectivity index (χ4n) is 3.95. The van der Waals surface area contributed by atoms with Crippen LogP contribution >= 0.6 is 11.8 Å². The summed E-state index contributed by atoms with van der Waals surface area (Å²) in [5, 5.41) is 10.9. The lowest BCUT2D eigenvalue weighted by Gasteiger charge is -2.29. The number of carbonyl (C=O) groups excluding carboxylic acids is 1. The van der Waals surface area contributed by atoms with Gasteiger partial charge in [-0.25, -0.2) is 8.78 Å². The largest absolute Gasteiger partial charge is 0.390 e. The van der Waals surface area contributed by atoms with E-state index in [2.05, 4.69) is 13.8 Å². The van der Waals surface area contributed by atoms with Crippen LogP contribution in [0.1, 0.15) is 40.9 Å². The number of carbonyl (C=O) groups is 1. The molecule has 3 rings (SSSR count). The third kappa shape index (κ3) is 7.88. The highest BCUT2D eigenvalue weighted by Gasteiger charge is 2.24. The van der Waals surface area contributed by atoms with Crippen LogP contribution in [0.4, 0.5) is 8.78 Å². The Morgan fingerprint density at radius 2 is 1.66 bits per heavy atom. The van der Waals surface area contributed by atoms with E-state index in [1.165, 1.54) is 12.1 Å². The van der Waals surface area contributed by atoms with Crippen molar-refractivity contribution in [2.24, 2.45) is 5.73 Å². The van der Waals surface area contributed by atoms with Crippen molar-refractivity contribution in [3.8, 4) is 0 Å². The Labute approximate surface area is 210 Å². The fourth-order valence-corrected chi connectivity index (χ4v) is 4.67. The molecule has 35 heavy (non-hydrogen) atoms. The van der Waals surface area contributed by atoms with Gasteiger partial charge in [0.1, 0.15) is 11.6 Å². The molecule has 3 N–H and O–H groups in total. The molecule has 0 aliphatic heterocycles. The molecule has 0 unspecified atom stereocenters. The SMILES string of the molecule is CCSc1cccc(C(=O)N(Cc2cccc(CC)c2)C[C@@H](O)[C@@H](N)Cc2cc(F)cc(F)c2)c1. The molecule has 0 aromatic heterocycles. The Kier molecular flexibility index (Phi) is 9.83. The zero-order valence-electron chi connectivity index (χ0n) is 20.1. The standard InChI is InChI=1S/C28H32F2N2O2S/c1-3-19-7-5-8-20(11-19)17-32(28(34)22-9-6-10-25(15-22)35-4-2)18-27(33)26(31)14-21-12-23(29)16-24(30)13-21/h5-13,15-16,26-27,33H,3-4,14,17-18,31H2,1-2H3/t26-,27+/m0/s1. The molecule has 0 bridgehead atoms. The third-order valence-corrected chi connectivity index (χ3v) is 6.62. The summed E-state index contributed by atoms with van der Waals surface area (Å²) in [7, 11) is 0. The highest BCUT2D eigenvalue weighted by molar-refractivity contribution is 7.99. The maximum Gasteiger partial charge on any atom is 0.254 e. The van der Waals surface area contributed by atoms with E-state index in [4.69, 9.17) is 5.73 Å². The number of benzene rings is 3. The Morgan fingerprint density at radius 1 is 0.971 bits per heavy atom. The quantitative estimate of drug-likeness (QED) is 0.356. The molecule has 0 aliphatic carbocycles. The van der Waals surface area contributed by atoms with Gasteiger partial charge in [0.25, 0.3) is 5.91 Å². The molecule has 7 heteroatoms. The molecule has 2 atom stereocenters. The zero-order chi connectivity index (χ0) is 25.4. The minimum absolute atomic E-state index is 0.0146. The summed E-state index contributed by atoms with van der Waals surface area (Å²) in [6.45, 7) is 4.40. The van der Waals surface area contributed by atoms with E-state index in [1.807, 2.05) is 42.5 Å². The van der Waals surface area contributed by atoms with Crippen molar-refractivity contribution in [1.29, 1.82) is 0 Å². The van der Waals surface area contributed by atoms with Crippen LogP contribution in [-0.2, 0) is 19.4 Å². The van der Waals surface area contributed by atoms with Crippen LogP contribution in [-0.4, -0.2) is 40.4 Å². The zero-order valence-corrected chi connectivity index (χ0v) is 20.9. The average molecular weight is 499 g/mol. The first kappa shape index (κ1) is 26.9. The smallest absolute Gasteiger partial charge is 0.254 e. The van der Waals surface area contributed by atoms with Crippen molar-refractivity contribution in [2.45, 2.75) is 50.3 Å². The number of halogens is 2. The van der Waals surface area contributed by atoms with Gasteiger partial charge in [0.05, 0.1) is 6.10 Å². The number of hydrogen-bond acceptors (Lipinski definition) is 4. The molecular formula is C28H32F2N2O2S. The maximum atomic E-state index is 13.6. The summed E-state index contributed by atoms with van der Waals surface area (Å²) in [5.41, 5.74) is 9.19. The van der Waals surface area contributed by atoms with Gasteiger partial charge in [-0.15, -0.1) is 11.8 Å². The molecule has 0 heterocycles. The Morgan fingerprint density at radius 3 is 2.34 bits per heavy atom. The molecule has 0 saturated heterocycles. The summed E-state index contributed by atoms with van der Waals surface area (Å²) in [6.07, 6.45) is -0.144. The van der Waals surface area contributed by atoms with Crippen LogP contribution in [0.15, 0.2) is 71.6 Å². The first-order chi connectivity index (χ1) is 16.8. The number of amides is 1. The predicted molar refractivity (Wildman–Crippen MR) is 137 cm³/mol. The monoisotopic (exact) mass is 498 g/mol. The summed E-state index contributed by atoms with van der Waals surface area (Å²) in [6, 6.07) is 17.8. The van der Waals surface area contributed by atoms with Gasteiger partial charge in [0.15, 0.2) is 0 Å². The average Bonchev–Trinajstić information content (AvgIpc) is 2.83. The van der Waals surface area contributed by atoms with E-state index in [0.717, 1.165) is 34.3 Å². The number of rotatable bonds is 11. The van der Waals surface area contributed by atoms with Gasteiger partial charge in [-0.05, 0) is 65.6 Å². The molecule has 1 amide bonds. The van der Waals surface area contributed by atoms with Crippen molar-refractivity contribution in [3.05, 3.63) is 101 Å². The Hall–Kier alpha value is -2.74. The number of aryl methyl sites for hydroxylation is 1. The van der Waals surface area contributed by atoms with Crippen LogP contribution in [0.5, 0.6) is 0 Å². The molecule has 0 fully saturated rings. The van der Waals surface area contributed by atoms with E-state index in [1.54, 1.807) is 22.7 Å². The fraction of sp³-hybridized carbons (Fsp3) is 0.321. The molecule has 186 valence electrons. The number of thioether (sulfide) groups is 1. The first-order valence-electron chi connectivity index (χ1n) is 11.8. The van der Waals surface area contributed by atoms with Crippen molar-refractivity contribution < 1.29 is 18.7 Å². The molecule has 3 aromatic carbocycles. The molecule has 0 saturated carbocycles. The van der Waals surface area contributed by atoms with E-state index in [-0.39, 0.29) is 18.9 Å². The van der Waals surface area contributed by atoms with Gasteiger partial charge < -0.3 is 15.7 Å². The predicted octanol–water partition coefficient (Wildman–Crippen LogP) is 5.21. The van der Waals surface area contributed by atoms with Gasteiger partial charge in [-0.1, -0.05) is 44.2 Å². The highest BCUT2D eigenvalue weighted by atomic mass is 32.2. The summed E-state index contributed by atoms with van der Waals surface area (Å²) >= 11 is 1.65. The number of aliphatic hydroxyl groups excluding tert-OH is 1. The lowest BCUT2D eigenvalue weighted by Crippen LogP contribution is -2.46. The normalized spacial score (nSPS) is 12.9. The molecular weight excluding hydrogens is 466 g/mol. The van der Waals surface area contributed by atoms with E-state index >= 15 is 0 Å². The van der Waals surface area contributed by atoms with Crippen molar-refractivity contribution in [2.75, 3.05) is 12.3 Å². The number of aliphatic hydroxyl groups is 1. The van der Waals surface area contributed by atoms with Gasteiger partial charge in [-0.2, -0.15) is 0 Å². The van der Waals surface area contributed by atoms with E-state index in [0.29, 0.717) is 17.7 Å². The van der Waals surface area contributed by atoms with Crippen LogP contribution in [0.2, 0.25) is 0 Å². The number of nitrogens with two attached hydrogens (primary N) is 1. The van der Waals surface area contributed by atoms with Crippen LogP contribution in [0.25, 0.3) is 0 Å². The molecule has 4 nitrogen and oxygen atoms in total. The lowest BCUT2D eigenvalue weighted by atomic mass is 10.0. The molecule has 0 aliphatic rings. The second-order valence-corrected chi connectivity index (χ2v) is 9.87. The first-order valence-corrected chi connectivity index (χ1v) is 12.8. The lowest BCUT2D eigenvalue weighted by molar-refractivity contribution is 0.0554. The van der Waals surface area contributed by atoms with Gasteiger partial charge >= 0.3 is 0 Å². The van der Waals surface area contributed by atoms with Crippen molar-refractivity contribution in [3.63, 3.8) is 0 Å². The Bertz CT molecular complexity index is 1120. The second kappa shape index (κ2) is 12.8. The van der Waals surface area contributed by atoms with E-state index < -0.39 is 23.8 Å². The van der Waals surface area contributed by atoms with Crippen molar-refractivity contribution in [1.82, 2.24) is 4.90 Å². The summed E-state index contributed by atoms with van der Waals surface area (Å²) in [4.78, 5) is 16.1. The number of hydrogen-bond donors (Lipinski definition) is 2. The molecule has 0 radical (unpaired) electrons. The Balaban J connectivity index is 1.82. The van der Waals surface area contributed by atoms with E-state index in [9.17, 15) is 18.7 Å². The summed E-state index contributed by atoms with van der Waals surface area (Å²) in [5.74, 6) is -0.717. The summed E-state index contributed by atoms with van der Waals surface area (Å²) < 4.78 is 27.2. The van der Waals surface area contributed by atoms with Crippen LogP contribution in [0, 0.1) is 11.6 Å². The van der Waals surface area contributed by atoms with Crippen molar-refractivity contribution >= 4 is 17.7 Å². The second-order valence-electron chi connectivity index (χ2n) is 8.53.